The molecule has 0 spiro atoms. The lowest BCUT2D eigenvalue weighted by atomic mass is 10.0. The summed E-state index contributed by atoms with van der Waals surface area (Å²) in [7, 11) is 1.83. The zero-order valence-corrected chi connectivity index (χ0v) is 13.5. The number of hydrogen-bond donors (Lipinski definition) is 2. The summed E-state index contributed by atoms with van der Waals surface area (Å²) in [4.78, 5) is 6.84. The summed E-state index contributed by atoms with van der Waals surface area (Å²) < 4.78 is 5.33. The van der Waals surface area contributed by atoms with Crippen LogP contribution in [-0.2, 0) is 4.74 Å². The van der Waals surface area contributed by atoms with Gasteiger partial charge in [-0.3, -0.25) is 9.89 Å². The molecule has 5 nitrogen and oxygen atoms in total. The van der Waals surface area contributed by atoms with Crippen LogP contribution < -0.4 is 10.6 Å². The number of guanidine groups is 1. The van der Waals surface area contributed by atoms with Crippen LogP contribution >= 0.6 is 0 Å². The standard InChI is InChI=1S/C15H32N4O/c1-4-19-11-7-6-9-14(19)13-18-15(16-3)17-10-8-12-20-5-2/h14H,4-13H2,1-3H3,(H2,16,17,18). The molecule has 0 aliphatic carbocycles. The number of nitrogens with one attached hydrogen (secondary N) is 2. The number of ether oxygens (including phenoxy) is 1. The first-order chi connectivity index (χ1) is 9.81. The topological polar surface area (TPSA) is 48.9 Å². The Morgan fingerprint density at radius 1 is 1.30 bits per heavy atom. The second-order valence-electron chi connectivity index (χ2n) is 5.21. The predicted octanol–water partition coefficient (Wildman–Crippen LogP) is 1.45. The molecule has 5 heteroatoms. The first-order valence-corrected chi connectivity index (χ1v) is 8.08. The smallest absolute Gasteiger partial charge is 0.191 e. The van der Waals surface area contributed by atoms with E-state index in [1.807, 2.05) is 14.0 Å². The van der Waals surface area contributed by atoms with Crippen molar-refractivity contribution in [2.75, 3.05) is 46.4 Å². The third-order valence-corrected chi connectivity index (χ3v) is 3.85. The second-order valence-corrected chi connectivity index (χ2v) is 5.21. The van der Waals surface area contributed by atoms with Crippen molar-refractivity contribution in [3.05, 3.63) is 0 Å². The third-order valence-electron chi connectivity index (χ3n) is 3.85. The number of hydrogen-bond acceptors (Lipinski definition) is 3. The average Bonchev–Trinajstić information content (AvgIpc) is 2.50. The van der Waals surface area contributed by atoms with Crippen molar-refractivity contribution in [2.45, 2.75) is 45.6 Å². The highest BCUT2D eigenvalue weighted by atomic mass is 16.5. The van der Waals surface area contributed by atoms with E-state index >= 15 is 0 Å². The van der Waals surface area contributed by atoms with E-state index in [1.165, 1.54) is 25.8 Å². The Morgan fingerprint density at radius 2 is 2.15 bits per heavy atom. The summed E-state index contributed by atoms with van der Waals surface area (Å²) >= 11 is 0. The van der Waals surface area contributed by atoms with E-state index in [1.54, 1.807) is 0 Å². The van der Waals surface area contributed by atoms with Crippen LogP contribution in [0.15, 0.2) is 4.99 Å². The van der Waals surface area contributed by atoms with E-state index in [9.17, 15) is 0 Å². The summed E-state index contributed by atoms with van der Waals surface area (Å²) in [5, 5.41) is 6.79. The van der Waals surface area contributed by atoms with E-state index in [2.05, 4.69) is 27.4 Å². The number of likely N-dealkylation sites (tertiary alicyclic amines) is 1. The predicted molar refractivity (Wildman–Crippen MR) is 85.4 cm³/mol. The fraction of sp³-hybridized carbons (Fsp3) is 0.933. The summed E-state index contributed by atoms with van der Waals surface area (Å²) in [6.45, 7) is 10.2. The van der Waals surface area contributed by atoms with Gasteiger partial charge < -0.3 is 15.4 Å². The first kappa shape index (κ1) is 17.2. The van der Waals surface area contributed by atoms with Crippen molar-refractivity contribution >= 4 is 5.96 Å². The fourth-order valence-corrected chi connectivity index (χ4v) is 2.67. The molecule has 1 heterocycles. The zero-order chi connectivity index (χ0) is 14.6. The Hall–Kier alpha value is -0.810. The lowest BCUT2D eigenvalue weighted by Crippen LogP contribution is -2.49. The SMILES string of the molecule is CCOCCCNC(=NC)NCC1CCCCN1CC. The molecule has 0 amide bonds. The molecule has 1 atom stereocenters. The van der Waals surface area contributed by atoms with Gasteiger partial charge in [0.05, 0.1) is 0 Å². The summed E-state index contributed by atoms with van der Waals surface area (Å²) in [5.41, 5.74) is 0. The molecule has 0 saturated carbocycles. The highest BCUT2D eigenvalue weighted by Crippen LogP contribution is 2.15. The van der Waals surface area contributed by atoms with Crippen LogP contribution in [0.3, 0.4) is 0 Å². The van der Waals surface area contributed by atoms with Gasteiger partial charge in [-0.2, -0.15) is 0 Å². The van der Waals surface area contributed by atoms with Crippen LogP contribution in [0.25, 0.3) is 0 Å². The molecule has 1 saturated heterocycles. The van der Waals surface area contributed by atoms with Crippen LogP contribution in [0.1, 0.15) is 39.5 Å². The van der Waals surface area contributed by atoms with Crippen molar-refractivity contribution in [1.82, 2.24) is 15.5 Å². The Balaban J connectivity index is 2.19. The second kappa shape index (κ2) is 10.9. The number of nitrogens with zero attached hydrogens (tertiary/aromatic N) is 2. The maximum atomic E-state index is 5.33. The monoisotopic (exact) mass is 284 g/mol. The molecule has 1 fully saturated rings. The fourth-order valence-electron chi connectivity index (χ4n) is 2.67. The molecule has 0 bridgehead atoms. The van der Waals surface area contributed by atoms with Crippen molar-refractivity contribution in [2.24, 2.45) is 4.99 Å². The van der Waals surface area contributed by atoms with Crippen molar-refractivity contribution in [3.63, 3.8) is 0 Å². The molecular weight excluding hydrogens is 252 g/mol. The molecule has 0 radical (unpaired) electrons. The van der Waals surface area contributed by atoms with Crippen LogP contribution in [0.5, 0.6) is 0 Å². The van der Waals surface area contributed by atoms with Crippen LogP contribution in [0.2, 0.25) is 0 Å². The van der Waals surface area contributed by atoms with Gasteiger partial charge in [-0.05, 0) is 39.3 Å². The summed E-state index contributed by atoms with van der Waals surface area (Å²) in [6.07, 6.45) is 5.00. The number of aliphatic imine (C=N–C) groups is 1. The van der Waals surface area contributed by atoms with Gasteiger partial charge in [-0.15, -0.1) is 0 Å². The van der Waals surface area contributed by atoms with Gasteiger partial charge in [-0.25, -0.2) is 0 Å². The van der Waals surface area contributed by atoms with E-state index in [0.29, 0.717) is 6.04 Å². The van der Waals surface area contributed by atoms with Gasteiger partial charge in [0.15, 0.2) is 5.96 Å². The largest absolute Gasteiger partial charge is 0.382 e. The molecule has 0 aromatic rings. The maximum absolute atomic E-state index is 5.33. The third kappa shape index (κ3) is 6.57. The van der Waals surface area contributed by atoms with Gasteiger partial charge in [0.25, 0.3) is 0 Å². The lowest BCUT2D eigenvalue weighted by Gasteiger charge is -2.35. The van der Waals surface area contributed by atoms with E-state index in [-0.39, 0.29) is 0 Å². The van der Waals surface area contributed by atoms with Crippen molar-refractivity contribution in [1.29, 1.82) is 0 Å². The summed E-state index contributed by atoms with van der Waals surface area (Å²) in [5.74, 6) is 0.906. The van der Waals surface area contributed by atoms with Gasteiger partial charge in [0.2, 0.25) is 0 Å². The number of rotatable bonds is 8. The maximum Gasteiger partial charge on any atom is 0.191 e. The van der Waals surface area contributed by atoms with Gasteiger partial charge in [0, 0.05) is 39.4 Å². The van der Waals surface area contributed by atoms with Gasteiger partial charge >= 0.3 is 0 Å². The van der Waals surface area contributed by atoms with E-state index in [0.717, 1.165) is 45.2 Å². The highest BCUT2D eigenvalue weighted by molar-refractivity contribution is 5.79. The molecular formula is C15H32N4O. The Bertz CT molecular complexity index is 271. The minimum Gasteiger partial charge on any atom is -0.382 e. The average molecular weight is 284 g/mol. The lowest BCUT2D eigenvalue weighted by molar-refractivity contribution is 0.145. The normalized spacial score (nSPS) is 20.9. The Kier molecular flexibility index (Phi) is 9.41. The van der Waals surface area contributed by atoms with Gasteiger partial charge in [0.1, 0.15) is 0 Å². The van der Waals surface area contributed by atoms with Crippen LogP contribution in [0, 0.1) is 0 Å². The van der Waals surface area contributed by atoms with Crippen molar-refractivity contribution in [3.8, 4) is 0 Å². The molecule has 118 valence electrons. The van der Waals surface area contributed by atoms with Crippen LogP contribution in [-0.4, -0.2) is 63.3 Å². The molecule has 1 aliphatic rings. The molecule has 0 aromatic carbocycles. The Labute approximate surface area is 124 Å². The number of piperidine rings is 1. The molecule has 1 rings (SSSR count). The first-order valence-electron chi connectivity index (χ1n) is 8.08. The van der Waals surface area contributed by atoms with E-state index < -0.39 is 0 Å². The quantitative estimate of drug-likeness (QED) is 0.402. The molecule has 1 unspecified atom stereocenters. The molecule has 0 aromatic heterocycles. The summed E-state index contributed by atoms with van der Waals surface area (Å²) in [6, 6.07) is 0.649. The van der Waals surface area contributed by atoms with Gasteiger partial charge in [-0.1, -0.05) is 13.3 Å². The molecule has 1 aliphatic heterocycles. The van der Waals surface area contributed by atoms with Crippen LogP contribution in [0.4, 0.5) is 0 Å². The van der Waals surface area contributed by atoms with Crippen molar-refractivity contribution < 1.29 is 4.74 Å². The highest BCUT2D eigenvalue weighted by Gasteiger charge is 2.20. The Morgan fingerprint density at radius 3 is 2.85 bits per heavy atom. The molecule has 2 N–H and O–H groups in total. The number of likely N-dealkylation sites (N-methyl/N-ethyl adjacent to an activating group) is 1. The molecule has 20 heavy (non-hydrogen) atoms. The zero-order valence-electron chi connectivity index (χ0n) is 13.5. The van der Waals surface area contributed by atoms with E-state index in [4.69, 9.17) is 4.74 Å². The minimum atomic E-state index is 0.649. The minimum absolute atomic E-state index is 0.649.